The highest BCUT2D eigenvalue weighted by Gasteiger charge is 2.25. The van der Waals surface area contributed by atoms with Gasteiger partial charge in [0, 0.05) is 31.2 Å². The van der Waals surface area contributed by atoms with Gasteiger partial charge in [-0.05, 0) is 21.0 Å². The maximum atomic E-state index is 12.5. The summed E-state index contributed by atoms with van der Waals surface area (Å²) in [6.45, 7) is 3.52. The van der Waals surface area contributed by atoms with Crippen LogP contribution in [-0.2, 0) is 10.0 Å². The topological polar surface area (TPSA) is 78.7 Å². The molecule has 2 heterocycles. The minimum Gasteiger partial charge on any atom is -0.368 e. The fraction of sp³-hybridized carbons (Fsp3) is 0.545. The summed E-state index contributed by atoms with van der Waals surface area (Å²) in [5.41, 5.74) is 0. The Morgan fingerprint density at radius 1 is 1.45 bits per heavy atom. The van der Waals surface area contributed by atoms with Crippen molar-refractivity contribution in [3.63, 3.8) is 0 Å². The lowest BCUT2D eigenvalue weighted by atomic mass is 10.6. The van der Waals surface area contributed by atoms with E-state index in [-0.39, 0.29) is 5.03 Å². The molecule has 20 heavy (non-hydrogen) atoms. The molecule has 0 unspecified atom stereocenters. The SMILES string of the molecule is CCNc1nc2sccn2c1S(=O)(=O)NCCN(C)C. The monoisotopic (exact) mass is 317 g/mol. The van der Waals surface area contributed by atoms with Gasteiger partial charge in [0.05, 0.1) is 0 Å². The van der Waals surface area contributed by atoms with Crippen LogP contribution in [0.1, 0.15) is 6.92 Å². The lowest BCUT2D eigenvalue weighted by Crippen LogP contribution is -2.32. The molecule has 2 aromatic heterocycles. The van der Waals surface area contributed by atoms with Crippen molar-refractivity contribution in [2.24, 2.45) is 0 Å². The van der Waals surface area contributed by atoms with Crippen molar-refractivity contribution >= 4 is 32.1 Å². The molecular weight excluding hydrogens is 298 g/mol. The minimum atomic E-state index is -3.59. The summed E-state index contributed by atoms with van der Waals surface area (Å²) in [4.78, 5) is 6.89. The summed E-state index contributed by atoms with van der Waals surface area (Å²) in [5, 5.41) is 4.99. The number of hydrogen-bond donors (Lipinski definition) is 2. The highest BCUT2D eigenvalue weighted by atomic mass is 32.2. The van der Waals surface area contributed by atoms with Crippen molar-refractivity contribution < 1.29 is 8.42 Å². The second-order valence-electron chi connectivity index (χ2n) is 4.55. The van der Waals surface area contributed by atoms with E-state index in [0.29, 0.717) is 30.4 Å². The number of hydrogen-bond acceptors (Lipinski definition) is 6. The Morgan fingerprint density at radius 2 is 2.20 bits per heavy atom. The standard InChI is InChI=1S/C11H19N5O2S2/c1-4-12-9-10(16-7-8-19-11(16)14-9)20(17,18)13-5-6-15(2)3/h7-8,12-13H,4-6H2,1-3H3. The molecule has 7 nitrogen and oxygen atoms in total. The predicted octanol–water partition coefficient (Wildman–Crippen LogP) is 0.667. The highest BCUT2D eigenvalue weighted by Crippen LogP contribution is 2.25. The molecule has 2 rings (SSSR count). The number of fused-ring (bicyclic) bond motifs is 1. The molecule has 0 spiro atoms. The van der Waals surface area contributed by atoms with Crippen molar-refractivity contribution in [3.05, 3.63) is 11.6 Å². The normalized spacial score (nSPS) is 12.4. The van der Waals surface area contributed by atoms with Crippen LogP contribution in [0.5, 0.6) is 0 Å². The van der Waals surface area contributed by atoms with Gasteiger partial charge in [-0.15, -0.1) is 11.3 Å². The molecule has 0 aromatic carbocycles. The quantitative estimate of drug-likeness (QED) is 0.784. The van der Waals surface area contributed by atoms with E-state index in [2.05, 4.69) is 15.0 Å². The fourth-order valence-corrected chi connectivity index (χ4v) is 3.82. The molecule has 0 amide bonds. The maximum absolute atomic E-state index is 12.5. The first-order valence-electron chi connectivity index (χ1n) is 6.29. The van der Waals surface area contributed by atoms with Crippen molar-refractivity contribution in [1.29, 1.82) is 0 Å². The molecule has 0 aliphatic heterocycles. The first kappa shape index (κ1) is 15.2. The van der Waals surface area contributed by atoms with Gasteiger partial charge in [-0.2, -0.15) is 0 Å². The number of imidazole rings is 1. The van der Waals surface area contributed by atoms with E-state index in [1.807, 2.05) is 31.3 Å². The Kier molecular flexibility index (Phi) is 4.63. The number of sulfonamides is 1. The van der Waals surface area contributed by atoms with Crippen LogP contribution in [0, 0.1) is 0 Å². The third kappa shape index (κ3) is 3.11. The second kappa shape index (κ2) is 6.08. The Morgan fingerprint density at radius 3 is 2.85 bits per heavy atom. The molecule has 0 bridgehead atoms. The Balaban J connectivity index is 2.33. The molecule has 0 radical (unpaired) electrons. The summed E-state index contributed by atoms with van der Waals surface area (Å²) >= 11 is 1.40. The number of rotatable bonds is 7. The average molecular weight is 317 g/mol. The molecule has 0 fully saturated rings. The van der Waals surface area contributed by atoms with E-state index in [1.54, 1.807) is 10.6 Å². The number of nitrogens with zero attached hydrogens (tertiary/aromatic N) is 3. The van der Waals surface area contributed by atoms with E-state index < -0.39 is 10.0 Å². The third-order valence-electron chi connectivity index (χ3n) is 2.67. The second-order valence-corrected chi connectivity index (χ2v) is 7.11. The lowest BCUT2D eigenvalue weighted by molar-refractivity contribution is 0.412. The van der Waals surface area contributed by atoms with Crippen LogP contribution in [0.3, 0.4) is 0 Å². The van der Waals surface area contributed by atoms with Gasteiger partial charge < -0.3 is 10.2 Å². The zero-order valence-corrected chi connectivity index (χ0v) is 13.4. The summed E-state index contributed by atoms with van der Waals surface area (Å²) in [6, 6.07) is 0. The van der Waals surface area contributed by atoms with E-state index in [4.69, 9.17) is 0 Å². The van der Waals surface area contributed by atoms with Gasteiger partial charge in [0.2, 0.25) is 0 Å². The summed E-state index contributed by atoms with van der Waals surface area (Å²) in [5.74, 6) is 0.400. The van der Waals surface area contributed by atoms with Gasteiger partial charge >= 0.3 is 0 Å². The van der Waals surface area contributed by atoms with Crippen LogP contribution < -0.4 is 10.0 Å². The molecule has 2 aromatic rings. The highest BCUT2D eigenvalue weighted by molar-refractivity contribution is 7.89. The molecule has 0 aliphatic carbocycles. The molecule has 0 aliphatic rings. The van der Waals surface area contributed by atoms with E-state index >= 15 is 0 Å². The van der Waals surface area contributed by atoms with Gasteiger partial charge in [0.15, 0.2) is 15.8 Å². The van der Waals surface area contributed by atoms with Gasteiger partial charge in [-0.25, -0.2) is 18.1 Å². The first-order chi connectivity index (χ1) is 9.45. The summed E-state index contributed by atoms with van der Waals surface area (Å²) in [6.07, 6.45) is 1.72. The average Bonchev–Trinajstić information content (AvgIpc) is 2.87. The summed E-state index contributed by atoms with van der Waals surface area (Å²) in [7, 11) is 0.200. The van der Waals surface area contributed by atoms with Gasteiger partial charge in [0.25, 0.3) is 10.0 Å². The van der Waals surface area contributed by atoms with Crippen LogP contribution in [0.15, 0.2) is 16.6 Å². The molecule has 112 valence electrons. The number of thiazole rings is 1. The van der Waals surface area contributed by atoms with Crippen molar-refractivity contribution in [3.8, 4) is 0 Å². The Hall–Kier alpha value is -1.16. The van der Waals surface area contributed by atoms with Crippen LogP contribution >= 0.6 is 11.3 Å². The van der Waals surface area contributed by atoms with E-state index in [1.165, 1.54) is 11.3 Å². The predicted molar refractivity (Wildman–Crippen MR) is 81.0 cm³/mol. The largest absolute Gasteiger partial charge is 0.368 e. The zero-order chi connectivity index (χ0) is 14.8. The van der Waals surface area contributed by atoms with Crippen molar-refractivity contribution in [1.82, 2.24) is 19.0 Å². The number of likely N-dealkylation sites (N-methyl/N-ethyl adjacent to an activating group) is 1. The number of aromatic nitrogens is 2. The summed E-state index contributed by atoms with van der Waals surface area (Å²) < 4.78 is 29.1. The number of anilines is 1. The third-order valence-corrected chi connectivity index (χ3v) is 4.91. The molecule has 0 saturated carbocycles. The van der Waals surface area contributed by atoms with Crippen molar-refractivity contribution in [2.45, 2.75) is 11.9 Å². The Bertz CT molecular complexity index is 674. The van der Waals surface area contributed by atoms with Gasteiger partial charge in [-0.1, -0.05) is 0 Å². The van der Waals surface area contributed by atoms with E-state index in [9.17, 15) is 8.42 Å². The molecule has 9 heteroatoms. The zero-order valence-electron chi connectivity index (χ0n) is 11.8. The van der Waals surface area contributed by atoms with Crippen molar-refractivity contribution in [2.75, 3.05) is 39.0 Å². The first-order valence-corrected chi connectivity index (χ1v) is 8.66. The number of nitrogens with one attached hydrogen (secondary N) is 2. The van der Waals surface area contributed by atoms with Crippen LogP contribution in [0.4, 0.5) is 5.82 Å². The molecule has 2 N–H and O–H groups in total. The fourth-order valence-electron chi connectivity index (χ4n) is 1.78. The van der Waals surface area contributed by atoms with Crippen LogP contribution in [0.25, 0.3) is 4.96 Å². The van der Waals surface area contributed by atoms with Gasteiger partial charge in [0.1, 0.15) is 0 Å². The van der Waals surface area contributed by atoms with Gasteiger partial charge in [-0.3, -0.25) is 4.40 Å². The van der Waals surface area contributed by atoms with Crippen LogP contribution in [0.2, 0.25) is 0 Å². The smallest absolute Gasteiger partial charge is 0.260 e. The maximum Gasteiger partial charge on any atom is 0.260 e. The molecular formula is C11H19N5O2S2. The minimum absolute atomic E-state index is 0.175. The lowest BCUT2D eigenvalue weighted by Gasteiger charge is -2.11. The van der Waals surface area contributed by atoms with Crippen LogP contribution in [-0.4, -0.2) is 56.4 Å². The van der Waals surface area contributed by atoms with E-state index in [0.717, 1.165) is 0 Å². The molecule has 0 saturated heterocycles. The molecule has 0 atom stereocenters. The Labute approximate surface area is 122 Å².